The number of halogens is 2. The van der Waals surface area contributed by atoms with Gasteiger partial charge in [0.2, 0.25) is 0 Å². The van der Waals surface area contributed by atoms with Crippen LogP contribution in [0.15, 0.2) is 35.2 Å². The number of thioether (sulfide) groups is 1. The Morgan fingerprint density at radius 2 is 2.00 bits per heavy atom. The highest BCUT2D eigenvalue weighted by molar-refractivity contribution is 7.98. The van der Waals surface area contributed by atoms with E-state index in [2.05, 4.69) is 42.8 Å². The van der Waals surface area contributed by atoms with E-state index in [4.69, 9.17) is 23.2 Å². The number of thiophene rings is 1. The van der Waals surface area contributed by atoms with Crippen molar-refractivity contribution in [3.63, 3.8) is 0 Å². The fraction of sp³-hybridized carbons (Fsp3) is 0.286. The van der Waals surface area contributed by atoms with E-state index in [0.717, 1.165) is 20.8 Å². The molecule has 1 unspecified atom stereocenters. The van der Waals surface area contributed by atoms with Crippen molar-refractivity contribution in [3.05, 3.63) is 50.1 Å². The first-order valence-corrected chi connectivity index (χ1v) is 8.78. The third kappa shape index (κ3) is 3.47. The van der Waals surface area contributed by atoms with Crippen molar-refractivity contribution < 1.29 is 0 Å². The van der Waals surface area contributed by atoms with E-state index < -0.39 is 0 Å². The Bertz CT molecular complexity index is 554. The Balaban J connectivity index is 2.48. The molecule has 0 aliphatic rings. The molecule has 0 fully saturated rings. The van der Waals surface area contributed by atoms with Gasteiger partial charge in [-0.2, -0.15) is 0 Å². The first kappa shape index (κ1) is 15.2. The van der Waals surface area contributed by atoms with Crippen molar-refractivity contribution in [3.8, 4) is 0 Å². The van der Waals surface area contributed by atoms with Crippen LogP contribution in [0.4, 0.5) is 0 Å². The number of benzene rings is 1. The standard InChI is InChI=1S/C14H15Cl2NS2/c1-3-17-13(10-8-12(15)19-14(10)16)9-6-4-5-7-11(9)18-2/h4-8,13,17H,3H2,1-2H3. The first-order chi connectivity index (χ1) is 9.17. The molecule has 5 heteroatoms. The third-order valence-corrected chi connectivity index (χ3v) is 5.18. The second kappa shape index (κ2) is 7.00. The second-order valence-electron chi connectivity index (χ2n) is 4.01. The van der Waals surface area contributed by atoms with Crippen LogP contribution in [0, 0.1) is 0 Å². The highest BCUT2D eigenvalue weighted by Crippen LogP contribution is 2.39. The van der Waals surface area contributed by atoms with E-state index in [9.17, 15) is 0 Å². The Labute approximate surface area is 132 Å². The van der Waals surface area contributed by atoms with Crippen LogP contribution in [-0.2, 0) is 0 Å². The van der Waals surface area contributed by atoms with Crippen LogP contribution in [0.2, 0.25) is 8.67 Å². The van der Waals surface area contributed by atoms with Crippen LogP contribution in [-0.4, -0.2) is 12.8 Å². The lowest BCUT2D eigenvalue weighted by Gasteiger charge is -2.20. The largest absolute Gasteiger partial charge is 0.306 e. The Morgan fingerprint density at radius 1 is 1.26 bits per heavy atom. The molecule has 1 N–H and O–H groups in total. The minimum absolute atomic E-state index is 0.0879. The van der Waals surface area contributed by atoms with Crippen molar-refractivity contribution in [1.29, 1.82) is 0 Å². The van der Waals surface area contributed by atoms with Gasteiger partial charge in [-0.15, -0.1) is 23.1 Å². The highest BCUT2D eigenvalue weighted by Gasteiger charge is 2.20. The van der Waals surface area contributed by atoms with Crippen molar-refractivity contribution in [1.82, 2.24) is 5.32 Å². The summed E-state index contributed by atoms with van der Waals surface area (Å²) in [6.45, 7) is 2.97. The molecule has 0 saturated carbocycles. The van der Waals surface area contributed by atoms with Gasteiger partial charge in [0, 0.05) is 10.5 Å². The van der Waals surface area contributed by atoms with E-state index >= 15 is 0 Å². The van der Waals surface area contributed by atoms with Gasteiger partial charge >= 0.3 is 0 Å². The Hall–Kier alpha value is -0.190. The quantitative estimate of drug-likeness (QED) is 0.728. The Kier molecular flexibility index (Phi) is 5.60. The topological polar surface area (TPSA) is 12.0 Å². The molecule has 0 bridgehead atoms. The summed E-state index contributed by atoms with van der Waals surface area (Å²) >= 11 is 15.5. The summed E-state index contributed by atoms with van der Waals surface area (Å²) in [5.74, 6) is 0. The molecule has 1 nitrogen and oxygen atoms in total. The number of hydrogen-bond donors (Lipinski definition) is 1. The molecule has 0 aliphatic heterocycles. The smallest absolute Gasteiger partial charge is 0.0995 e. The van der Waals surface area contributed by atoms with E-state index in [-0.39, 0.29) is 6.04 Å². The maximum Gasteiger partial charge on any atom is 0.0995 e. The van der Waals surface area contributed by atoms with E-state index in [1.54, 1.807) is 11.8 Å². The minimum Gasteiger partial charge on any atom is -0.306 e. The third-order valence-electron chi connectivity index (χ3n) is 2.85. The lowest BCUT2D eigenvalue weighted by atomic mass is 10.0. The lowest BCUT2D eigenvalue weighted by Crippen LogP contribution is -2.22. The van der Waals surface area contributed by atoms with Gasteiger partial charge in [0.05, 0.1) is 14.7 Å². The van der Waals surface area contributed by atoms with E-state index in [0.29, 0.717) is 0 Å². The van der Waals surface area contributed by atoms with Crippen LogP contribution in [0.1, 0.15) is 24.1 Å². The molecule has 0 aliphatic carbocycles. The van der Waals surface area contributed by atoms with Gasteiger partial charge in [-0.1, -0.05) is 48.3 Å². The van der Waals surface area contributed by atoms with E-state index in [1.165, 1.54) is 21.8 Å². The van der Waals surface area contributed by atoms with E-state index in [1.807, 2.05) is 6.07 Å². The maximum absolute atomic E-state index is 6.31. The van der Waals surface area contributed by atoms with Crippen LogP contribution in [0.3, 0.4) is 0 Å². The molecule has 0 spiro atoms. The summed E-state index contributed by atoms with van der Waals surface area (Å²) < 4.78 is 1.48. The number of hydrogen-bond acceptors (Lipinski definition) is 3. The summed E-state index contributed by atoms with van der Waals surface area (Å²) in [4.78, 5) is 1.26. The average molecular weight is 332 g/mol. The zero-order valence-electron chi connectivity index (χ0n) is 10.7. The summed E-state index contributed by atoms with van der Waals surface area (Å²) in [6, 6.07) is 10.4. The van der Waals surface area contributed by atoms with Crippen LogP contribution < -0.4 is 5.32 Å². The SMILES string of the molecule is CCNC(c1ccccc1SC)c1cc(Cl)sc1Cl. The Morgan fingerprint density at radius 3 is 2.58 bits per heavy atom. The molecule has 102 valence electrons. The minimum atomic E-state index is 0.0879. The van der Waals surface area contributed by atoms with Crippen LogP contribution in [0.25, 0.3) is 0 Å². The predicted octanol–water partition coefficient (Wildman–Crippen LogP) is 5.48. The molecule has 2 rings (SSSR count). The van der Waals surface area contributed by atoms with Gasteiger partial charge in [0.1, 0.15) is 0 Å². The molecule has 0 saturated heterocycles. The summed E-state index contributed by atoms with van der Waals surface area (Å²) in [5, 5.41) is 3.49. The molecular formula is C14H15Cl2NS2. The molecule has 19 heavy (non-hydrogen) atoms. The molecular weight excluding hydrogens is 317 g/mol. The van der Waals surface area contributed by atoms with Gasteiger partial charge in [0.25, 0.3) is 0 Å². The number of nitrogens with one attached hydrogen (secondary N) is 1. The summed E-state index contributed by atoms with van der Waals surface area (Å²) in [7, 11) is 0. The van der Waals surface area contributed by atoms with Gasteiger partial charge in [-0.05, 0) is 30.5 Å². The van der Waals surface area contributed by atoms with Crippen molar-refractivity contribution in [2.24, 2.45) is 0 Å². The maximum atomic E-state index is 6.31. The molecule has 2 aromatic rings. The zero-order chi connectivity index (χ0) is 13.8. The van der Waals surface area contributed by atoms with Crippen molar-refractivity contribution in [2.75, 3.05) is 12.8 Å². The molecule has 1 aromatic heterocycles. The summed E-state index contributed by atoms with van der Waals surface area (Å²) in [5.41, 5.74) is 2.30. The first-order valence-electron chi connectivity index (χ1n) is 5.98. The van der Waals surface area contributed by atoms with Crippen molar-refractivity contribution >= 4 is 46.3 Å². The molecule has 0 amide bonds. The lowest BCUT2D eigenvalue weighted by molar-refractivity contribution is 0.624. The average Bonchev–Trinajstić information content (AvgIpc) is 2.75. The summed E-state index contributed by atoms with van der Waals surface area (Å²) in [6.07, 6.45) is 2.09. The molecule has 0 radical (unpaired) electrons. The van der Waals surface area contributed by atoms with Gasteiger partial charge < -0.3 is 5.32 Å². The van der Waals surface area contributed by atoms with Crippen LogP contribution in [0.5, 0.6) is 0 Å². The number of rotatable bonds is 5. The normalized spacial score (nSPS) is 12.6. The predicted molar refractivity (Wildman–Crippen MR) is 88.1 cm³/mol. The van der Waals surface area contributed by atoms with Gasteiger partial charge in [-0.3, -0.25) is 0 Å². The highest BCUT2D eigenvalue weighted by atomic mass is 35.5. The zero-order valence-corrected chi connectivity index (χ0v) is 13.9. The van der Waals surface area contributed by atoms with Gasteiger partial charge in [-0.25, -0.2) is 0 Å². The molecule has 1 aromatic carbocycles. The fourth-order valence-electron chi connectivity index (χ4n) is 2.05. The monoisotopic (exact) mass is 331 g/mol. The van der Waals surface area contributed by atoms with Crippen LogP contribution >= 0.6 is 46.3 Å². The van der Waals surface area contributed by atoms with Crippen molar-refractivity contribution in [2.45, 2.75) is 17.9 Å². The molecule has 1 heterocycles. The van der Waals surface area contributed by atoms with Gasteiger partial charge in [0.15, 0.2) is 0 Å². The fourth-order valence-corrected chi connectivity index (χ4v) is 4.21. The second-order valence-corrected chi connectivity index (χ2v) is 7.15. The molecule has 1 atom stereocenters.